The summed E-state index contributed by atoms with van der Waals surface area (Å²) in [5, 5.41) is 14.5. The zero-order chi connectivity index (χ0) is 10.8. The molecule has 0 saturated heterocycles. The third kappa shape index (κ3) is 1.50. The Morgan fingerprint density at radius 2 is 2.33 bits per heavy atom. The van der Waals surface area contributed by atoms with Gasteiger partial charge in [0, 0.05) is 0 Å². The molecule has 0 radical (unpaired) electrons. The fourth-order valence-corrected chi connectivity index (χ4v) is 1.24. The molecule has 0 aliphatic rings. The first-order valence-electron chi connectivity index (χ1n) is 4.00. The molecule has 0 aliphatic heterocycles. The van der Waals surface area contributed by atoms with Crippen molar-refractivity contribution in [2.75, 3.05) is 5.32 Å². The number of rotatable bonds is 2. The van der Waals surface area contributed by atoms with Crippen LogP contribution in [0.2, 0.25) is 0 Å². The van der Waals surface area contributed by atoms with Crippen LogP contribution in [0.4, 0.5) is 10.6 Å². The largest absolute Gasteiger partial charge is 0.465 e. The van der Waals surface area contributed by atoms with Gasteiger partial charge in [0.1, 0.15) is 17.5 Å². The van der Waals surface area contributed by atoms with E-state index < -0.39 is 6.09 Å². The maximum Gasteiger partial charge on any atom is 0.410 e. The molecule has 1 amide bonds. The van der Waals surface area contributed by atoms with Crippen molar-refractivity contribution in [1.82, 2.24) is 14.6 Å². The molecule has 15 heavy (non-hydrogen) atoms. The van der Waals surface area contributed by atoms with Gasteiger partial charge in [-0.25, -0.2) is 14.3 Å². The van der Waals surface area contributed by atoms with Crippen LogP contribution < -0.4 is 5.32 Å². The molecule has 0 aromatic carbocycles. The zero-order valence-electron chi connectivity index (χ0n) is 7.41. The van der Waals surface area contributed by atoms with Crippen molar-refractivity contribution in [3.8, 4) is 0 Å². The average molecular weight is 206 g/mol. The van der Waals surface area contributed by atoms with Crippen LogP contribution in [0.15, 0.2) is 18.5 Å². The van der Waals surface area contributed by atoms with Crippen LogP contribution in [-0.2, 0) is 0 Å². The molecule has 7 heteroatoms. The highest BCUT2D eigenvalue weighted by molar-refractivity contribution is 5.88. The van der Waals surface area contributed by atoms with Gasteiger partial charge in [0.2, 0.25) is 0 Å². The highest BCUT2D eigenvalue weighted by atomic mass is 16.4. The highest BCUT2D eigenvalue weighted by Gasteiger charge is 2.08. The molecule has 2 rings (SSSR count). The number of nitrogens with one attached hydrogen (secondary N) is 1. The number of nitrogens with zero attached hydrogens (tertiary/aromatic N) is 3. The summed E-state index contributed by atoms with van der Waals surface area (Å²) in [5.41, 5.74) is 0.767. The number of anilines is 1. The Balaban J connectivity index is 2.61. The molecule has 0 bridgehead atoms. The lowest BCUT2D eigenvalue weighted by Crippen LogP contribution is -2.11. The molecule has 0 aliphatic carbocycles. The molecule has 0 fully saturated rings. The van der Waals surface area contributed by atoms with Gasteiger partial charge in [-0.05, 0) is 12.1 Å². The van der Waals surface area contributed by atoms with Gasteiger partial charge in [0.15, 0.2) is 12.1 Å². The number of carbonyl (C=O) groups excluding carboxylic acids is 1. The molecule has 76 valence electrons. The van der Waals surface area contributed by atoms with Crippen molar-refractivity contribution >= 4 is 23.7 Å². The van der Waals surface area contributed by atoms with E-state index in [0.717, 1.165) is 0 Å². The van der Waals surface area contributed by atoms with E-state index in [2.05, 4.69) is 15.4 Å². The second-order valence-corrected chi connectivity index (χ2v) is 2.71. The van der Waals surface area contributed by atoms with Crippen LogP contribution in [-0.4, -0.2) is 32.1 Å². The smallest absolute Gasteiger partial charge is 0.410 e. The Morgan fingerprint density at radius 1 is 1.53 bits per heavy atom. The lowest BCUT2D eigenvalue weighted by Gasteiger charge is -2.01. The summed E-state index contributed by atoms with van der Waals surface area (Å²) in [6.07, 6.45) is 0.583. The average Bonchev–Trinajstić information content (AvgIpc) is 2.61. The van der Waals surface area contributed by atoms with E-state index in [1.807, 2.05) is 0 Å². The lowest BCUT2D eigenvalue weighted by molar-refractivity contribution is 0.111. The molecular weight excluding hydrogens is 200 g/mol. The van der Waals surface area contributed by atoms with E-state index in [-0.39, 0.29) is 5.82 Å². The predicted octanol–water partition coefficient (Wildman–Crippen LogP) is 0.632. The third-order valence-corrected chi connectivity index (χ3v) is 1.83. The maximum atomic E-state index is 10.6. The van der Waals surface area contributed by atoms with Gasteiger partial charge in [-0.15, -0.1) is 0 Å². The summed E-state index contributed by atoms with van der Waals surface area (Å²) in [6.45, 7) is 0. The van der Waals surface area contributed by atoms with Crippen molar-refractivity contribution in [3.63, 3.8) is 0 Å². The number of hydrogen-bond donors (Lipinski definition) is 2. The molecule has 0 atom stereocenters. The predicted molar refractivity (Wildman–Crippen MR) is 50.0 cm³/mol. The van der Waals surface area contributed by atoms with Crippen molar-refractivity contribution in [3.05, 3.63) is 24.2 Å². The summed E-state index contributed by atoms with van der Waals surface area (Å²) in [5.74, 6) is 0.144. The van der Waals surface area contributed by atoms with Crippen molar-refractivity contribution in [2.24, 2.45) is 0 Å². The summed E-state index contributed by atoms with van der Waals surface area (Å²) in [6, 6.07) is 3.10. The topological polar surface area (TPSA) is 96.6 Å². The first-order chi connectivity index (χ1) is 7.22. The second-order valence-electron chi connectivity index (χ2n) is 2.71. The zero-order valence-corrected chi connectivity index (χ0v) is 7.41. The monoisotopic (exact) mass is 206 g/mol. The standard InChI is InChI=1S/C8H6N4O3/c13-3-5-1-2-6-7(11-8(14)15)9-4-10-12(5)6/h1-4H,(H,14,15)(H,9,10,11). The molecule has 0 spiro atoms. The minimum absolute atomic E-state index is 0.144. The molecule has 0 unspecified atom stereocenters. The second kappa shape index (κ2) is 3.37. The van der Waals surface area contributed by atoms with E-state index in [0.29, 0.717) is 17.5 Å². The van der Waals surface area contributed by atoms with Crippen LogP contribution >= 0.6 is 0 Å². The van der Waals surface area contributed by atoms with Gasteiger partial charge in [-0.1, -0.05) is 0 Å². The third-order valence-electron chi connectivity index (χ3n) is 1.83. The van der Waals surface area contributed by atoms with Gasteiger partial charge in [-0.3, -0.25) is 10.1 Å². The van der Waals surface area contributed by atoms with Gasteiger partial charge in [0.25, 0.3) is 0 Å². The summed E-state index contributed by atoms with van der Waals surface area (Å²) >= 11 is 0. The van der Waals surface area contributed by atoms with E-state index in [1.165, 1.54) is 16.9 Å². The van der Waals surface area contributed by atoms with Crippen LogP contribution in [0, 0.1) is 0 Å². The Bertz CT molecular complexity index is 534. The van der Waals surface area contributed by atoms with Crippen LogP contribution in [0.5, 0.6) is 0 Å². The van der Waals surface area contributed by atoms with Crippen LogP contribution in [0.3, 0.4) is 0 Å². The number of fused-ring (bicyclic) bond motifs is 1. The quantitative estimate of drug-likeness (QED) is 0.702. The van der Waals surface area contributed by atoms with Crippen molar-refractivity contribution < 1.29 is 14.7 Å². The first-order valence-corrected chi connectivity index (χ1v) is 4.00. The highest BCUT2D eigenvalue weighted by Crippen LogP contribution is 2.14. The molecule has 2 aromatic rings. The number of aromatic nitrogens is 3. The number of amides is 1. The maximum absolute atomic E-state index is 10.6. The van der Waals surface area contributed by atoms with Crippen molar-refractivity contribution in [2.45, 2.75) is 0 Å². The summed E-state index contributed by atoms with van der Waals surface area (Å²) in [4.78, 5) is 24.8. The van der Waals surface area contributed by atoms with Gasteiger partial charge in [-0.2, -0.15) is 5.10 Å². The normalized spacial score (nSPS) is 10.1. The fourth-order valence-electron chi connectivity index (χ4n) is 1.24. The number of hydrogen-bond acceptors (Lipinski definition) is 4. The van der Waals surface area contributed by atoms with Crippen molar-refractivity contribution in [1.29, 1.82) is 0 Å². The fraction of sp³-hybridized carbons (Fsp3) is 0. The molecule has 2 aromatic heterocycles. The molecule has 2 N–H and O–H groups in total. The van der Waals surface area contributed by atoms with Crippen LogP contribution in [0.1, 0.15) is 10.5 Å². The van der Waals surface area contributed by atoms with E-state index in [9.17, 15) is 9.59 Å². The molecular formula is C8H6N4O3. The van der Waals surface area contributed by atoms with E-state index >= 15 is 0 Å². The van der Waals surface area contributed by atoms with Crippen LogP contribution in [0.25, 0.3) is 5.52 Å². The van der Waals surface area contributed by atoms with E-state index in [1.54, 1.807) is 6.07 Å². The summed E-state index contributed by atoms with van der Waals surface area (Å²) < 4.78 is 1.31. The Kier molecular flexibility index (Phi) is 2.05. The minimum Gasteiger partial charge on any atom is -0.465 e. The number of carboxylic acid groups (broad SMARTS) is 1. The summed E-state index contributed by atoms with van der Waals surface area (Å²) in [7, 11) is 0. The SMILES string of the molecule is O=Cc1ccc2c(NC(=O)O)ncnn12. The Hall–Kier alpha value is -2.44. The lowest BCUT2D eigenvalue weighted by atomic mass is 10.4. The van der Waals surface area contributed by atoms with Gasteiger partial charge >= 0.3 is 6.09 Å². The number of carbonyl (C=O) groups is 2. The molecule has 0 saturated carbocycles. The molecule has 2 heterocycles. The molecule has 7 nitrogen and oxygen atoms in total. The van der Waals surface area contributed by atoms with Gasteiger partial charge in [0.05, 0.1) is 0 Å². The number of aldehydes is 1. The Labute approximate surface area is 83.4 Å². The Morgan fingerprint density at radius 3 is 3.00 bits per heavy atom. The minimum atomic E-state index is -1.22. The first kappa shape index (κ1) is 9.13. The van der Waals surface area contributed by atoms with E-state index in [4.69, 9.17) is 5.11 Å². The van der Waals surface area contributed by atoms with Gasteiger partial charge < -0.3 is 5.11 Å².